The molecule has 0 saturated carbocycles. The van der Waals surface area contributed by atoms with Crippen molar-refractivity contribution in [3.8, 4) is 16.9 Å². The number of rotatable bonds is 2. The third kappa shape index (κ3) is 2.02. The zero-order valence-corrected chi connectivity index (χ0v) is 9.46. The minimum absolute atomic E-state index is 0.333. The van der Waals surface area contributed by atoms with Gasteiger partial charge in [0.1, 0.15) is 11.6 Å². The van der Waals surface area contributed by atoms with E-state index < -0.39 is 0 Å². The molecule has 0 fully saturated rings. The smallest absolute Gasteiger partial charge is 0.132 e. The van der Waals surface area contributed by atoms with Crippen molar-refractivity contribution in [1.82, 2.24) is 0 Å². The van der Waals surface area contributed by atoms with Gasteiger partial charge in [-0.1, -0.05) is 29.8 Å². The molecule has 0 heterocycles. The van der Waals surface area contributed by atoms with Gasteiger partial charge in [-0.25, -0.2) is 4.39 Å². The van der Waals surface area contributed by atoms with Gasteiger partial charge >= 0.3 is 0 Å². The first-order chi connectivity index (χ1) is 7.72. The minimum atomic E-state index is -0.333. The van der Waals surface area contributed by atoms with Gasteiger partial charge in [0.2, 0.25) is 0 Å². The van der Waals surface area contributed by atoms with Gasteiger partial charge in [-0.05, 0) is 29.8 Å². The fourth-order valence-corrected chi connectivity index (χ4v) is 1.82. The van der Waals surface area contributed by atoms with E-state index in [0.29, 0.717) is 21.9 Å². The third-order valence-corrected chi connectivity index (χ3v) is 2.64. The number of halogens is 2. The second-order valence-electron chi connectivity index (χ2n) is 3.33. The first-order valence-electron chi connectivity index (χ1n) is 4.81. The Morgan fingerprint density at radius 3 is 2.56 bits per heavy atom. The lowest BCUT2D eigenvalue weighted by Crippen LogP contribution is -1.87. The monoisotopic (exact) mass is 236 g/mol. The van der Waals surface area contributed by atoms with Gasteiger partial charge in [0.15, 0.2) is 0 Å². The van der Waals surface area contributed by atoms with Crippen molar-refractivity contribution in [1.29, 1.82) is 0 Å². The summed E-state index contributed by atoms with van der Waals surface area (Å²) in [6, 6.07) is 11.8. The molecular weight excluding hydrogens is 227 g/mol. The van der Waals surface area contributed by atoms with Crippen LogP contribution in [0.4, 0.5) is 4.39 Å². The highest BCUT2D eigenvalue weighted by atomic mass is 35.5. The van der Waals surface area contributed by atoms with Gasteiger partial charge in [-0.3, -0.25) is 0 Å². The van der Waals surface area contributed by atoms with E-state index in [-0.39, 0.29) is 5.82 Å². The van der Waals surface area contributed by atoms with Gasteiger partial charge in [0.05, 0.1) is 12.1 Å². The van der Waals surface area contributed by atoms with Crippen LogP contribution in [-0.2, 0) is 0 Å². The molecule has 0 amide bonds. The normalized spacial score (nSPS) is 10.2. The predicted octanol–water partition coefficient (Wildman–Crippen LogP) is 4.15. The van der Waals surface area contributed by atoms with Crippen LogP contribution in [0.1, 0.15) is 0 Å². The Hall–Kier alpha value is -1.54. The van der Waals surface area contributed by atoms with Crippen LogP contribution in [0.15, 0.2) is 42.5 Å². The lowest BCUT2D eigenvalue weighted by Gasteiger charge is -2.07. The van der Waals surface area contributed by atoms with Crippen molar-refractivity contribution >= 4 is 11.6 Å². The van der Waals surface area contributed by atoms with Crippen LogP contribution in [0, 0.1) is 5.82 Å². The van der Waals surface area contributed by atoms with E-state index in [2.05, 4.69) is 0 Å². The summed E-state index contributed by atoms with van der Waals surface area (Å²) < 4.78 is 18.7. The number of benzene rings is 2. The van der Waals surface area contributed by atoms with Crippen molar-refractivity contribution in [3.05, 3.63) is 53.3 Å². The molecule has 0 radical (unpaired) electrons. The SMILES string of the molecule is COc1cccc(-c2c(F)cccc2Cl)c1. The standard InChI is InChI=1S/C13H10ClFO/c1-16-10-5-2-4-9(8-10)13-11(14)6-3-7-12(13)15/h2-8H,1H3. The molecule has 82 valence electrons. The Morgan fingerprint density at radius 1 is 1.12 bits per heavy atom. The molecule has 0 unspecified atom stereocenters. The first kappa shape index (κ1) is 11.0. The summed E-state index contributed by atoms with van der Waals surface area (Å²) in [6.45, 7) is 0. The van der Waals surface area contributed by atoms with Crippen LogP contribution in [0.5, 0.6) is 5.75 Å². The number of hydrogen-bond donors (Lipinski definition) is 0. The summed E-state index contributed by atoms with van der Waals surface area (Å²) in [5.74, 6) is 0.345. The van der Waals surface area contributed by atoms with Gasteiger partial charge in [0.25, 0.3) is 0 Å². The molecule has 2 rings (SSSR count). The summed E-state index contributed by atoms with van der Waals surface area (Å²) in [7, 11) is 1.57. The van der Waals surface area contributed by atoms with Crippen LogP contribution in [-0.4, -0.2) is 7.11 Å². The van der Waals surface area contributed by atoms with Crippen LogP contribution >= 0.6 is 11.6 Å². The fraction of sp³-hybridized carbons (Fsp3) is 0.0769. The average Bonchev–Trinajstić information content (AvgIpc) is 2.29. The van der Waals surface area contributed by atoms with E-state index in [9.17, 15) is 4.39 Å². The minimum Gasteiger partial charge on any atom is -0.497 e. The first-order valence-corrected chi connectivity index (χ1v) is 5.18. The highest BCUT2D eigenvalue weighted by Gasteiger charge is 2.09. The van der Waals surface area contributed by atoms with E-state index in [1.165, 1.54) is 6.07 Å². The number of methoxy groups -OCH3 is 1. The molecule has 0 aromatic heterocycles. The van der Waals surface area contributed by atoms with Gasteiger partial charge < -0.3 is 4.74 Å². The Balaban J connectivity index is 2.58. The molecule has 0 saturated heterocycles. The largest absolute Gasteiger partial charge is 0.497 e. The zero-order chi connectivity index (χ0) is 11.5. The maximum absolute atomic E-state index is 13.6. The molecule has 2 aromatic rings. The van der Waals surface area contributed by atoms with Crippen molar-refractivity contribution < 1.29 is 9.13 Å². The lowest BCUT2D eigenvalue weighted by molar-refractivity contribution is 0.415. The molecule has 1 nitrogen and oxygen atoms in total. The molecule has 0 atom stereocenters. The van der Waals surface area contributed by atoms with E-state index >= 15 is 0 Å². The van der Waals surface area contributed by atoms with Gasteiger partial charge in [0, 0.05) is 5.56 Å². The Kier molecular flexibility index (Phi) is 3.11. The van der Waals surface area contributed by atoms with Crippen LogP contribution < -0.4 is 4.74 Å². The van der Waals surface area contributed by atoms with Crippen molar-refractivity contribution in [2.75, 3.05) is 7.11 Å². The topological polar surface area (TPSA) is 9.23 Å². The maximum atomic E-state index is 13.6. The molecule has 16 heavy (non-hydrogen) atoms. The Bertz CT molecular complexity index is 491. The summed E-state index contributed by atoms with van der Waals surface area (Å²) >= 11 is 5.98. The van der Waals surface area contributed by atoms with E-state index in [4.69, 9.17) is 16.3 Å². The summed E-state index contributed by atoms with van der Waals surface area (Å²) in [4.78, 5) is 0. The van der Waals surface area contributed by atoms with Crippen molar-refractivity contribution in [2.45, 2.75) is 0 Å². The molecule has 2 aromatic carbocycles. The van der Waals surface area contributed by atoms with Crippen LogP contribution in [0.3, 0.4) is 0 Å². The summed E-state index contributed by atoms with van der Waals surface area (Å²) in [5.41, 5.74) is 1.12. The average molecular weight is 237 g/mol. The highest BCUT2D eigenvalue weighted by molar-refractivity contribution is 6.33. The fourth-order valence-electron chi connectivity index (χ4n) is 1.55. The maximum Gasteiger partial charge on any atom is 0.132 e. The molecular formula is C13H10ClFO. The summed E-state index contributed by atoms with van der Waals surface area (Å²) in [5, 5.41) is 0.397. The summed E-state index contributed by atoms with van der Waals surface area (Å²) in [6.07, 6.45) is 0. The molecule has 0 aliphatic rings. The van der Waals surface area contributed by atoms with E-state index in [0.717, 1.165) is 0 Å². The second-order valence-corrected chi connectivity index (χ2v) is 3.74. The number of hydrogen-bond acceptors (Lipinski definition) is 1. The Morgan fingerprint density at radius 2 is 1.88 bits per heavy atom. The van der Waals surface area contributed by atoms with Crippen LogP contribution in [0.2, 0.25) is 5.02 Å². The van der Waals surface area contributed by atoms with Crippen LogP contribution in [0.25, 0.3) is 11.1 Å². The van der Waals surface area contributed by atoms with E-state index in [1.807, 2.05) is 0 Å². The molecule has 0 aliphatic carbocycles. The predicted molar refractivity (Wildman–Crippen MR) is 63.4 cm³/mol. The Labute approximate surface area is 98.4 Å². The molecule has 0 bridgehead atoms. The van der Waals surface area contributed by atoms with Crippen molar-refractivity contribution in [2.24, 2.45) is 0 Å². The van der Waals surface area contributed by atoms with E-state index in [1.54, 1.807) is 43.5 Å². The third-order valence-electron chi connectivity index (χ3n) is 2.32. The highest BCUT2D eigenvalue weighted by Crippen LogP contribution is 2.32. The second kappa shape index (κ2) is 4.54. The van der Waals surface area contributed by atoms with Gasteiger partial charge in [-0.15, -0.1) is 0 Å². The van der Waals surface area contributed by atoms with Gasteiger partial charge in [-0.2, -0.15) is 0 Å². The van der Waals surface area contributed by atoms with Crippen molar-refractivity contribution in [3.63, 3.8) is 0 Å². The molecule has 0 aliphatic heterocycles. The zero-order valence-electron chi connectivity index (χ0n) is 8.71. The number of ether oxygens (including phenoxy) is 1. The lowest BCUT2D eigenvalue weighted by atomic mass is 10.0. The molecule has 3 heteroatoms. The molecule has 0 spiro atoms. The molecule has 0 N–H and O–H groups in total. The quantitative estimate of drug-likeness (QED) is 0.761.